The lowest BCUT2D eigenvalue weighted by Gasteiger charge is -2.40. The molecule has 0 spiro atoms. The lowest BCUT2D eigenvalue weighted by molar-refractivity contribution is -0.137. The molecule has 0 aromatic heterocycles. The molecule has 31 heavy (non-hydrogen) atoms. The van der Waals surface area contributed by atoms with Crippen LogP contribution in [-0.2, 0) is 19.7 Å². The summed E-state index contributed by atoms with van der Waals surface area (Å²) < 4.78 is 34.3. The van der Waals surface area contributed by atoms with Gasteiger partial charge in [-0.05, 0) is 43.9 Å². The molecule has 3 saturated heterocycles. The number of carbonyl (C=O) groups excluding carboxylic acids is 1. The average Bonchev–Trinajstić information content (AvgIpc) is 2.81. The van der Waals surface area contributed by atoms with Crippen molar-refractivity contribution in [3.8, 4) is 0 Å². The fourth-order valence-corrected chi connectivity index (χ4v) is 6.45. The standard InChI is InChI=1S/C22H34N4O4S/c1-18-5-6-19(2)21(16-18)23-8-10-24(11-9-23)22(27)20-4-3-7-26(17-20)31(28,29)25-12-14-30-15-13-25/h5-6,16,20H,3-4,7-15,17H2,1-2H3. The van der Waals surface area contributed by atoms with Gasteiger partial charge in [0, 0.05) is 58.0 Å². The summed E-state index contributed by atoms with van der Waals surface area (Å²) in [6.07, 6.45) is 1.48. The Labute approximate surface area is 185 Å². The van der Waals surface area contributed by atoms with E-state index >= 15 is 0 Å². The van der Waals surface area contributed by atoms with Crippen LogP contribution in [0.2, 0.25) is 0 Å². The van der Waals surface area contributed by atoms with E-state index in [1.807, 2.05) is 4.90 Å². The minimum Gasteiger partial charge on any atom is -0.379 e. The van der Waals surface area contributed by atoms with E-state index < -0.39 is 10.2 Å². The van der Waals surface area contributed by atoms with Crippen molar-refractivity contribution in [3.05, 3.63) is 29.3 Å². The highest BCUT2D eigenvalue weighted by atomic mass is 32.2. The number of aryl methyl sites for hydroxylation is 2. The normalized spacial score (nSPS) is 24.4. The molecule has 1 aromatic carbocycles. The summed E-state index contributed by atoms with van der Waals surface area (Å²) in [5, 5.41) is 0. The van der Waals surface area contributed by atoms with Crippen molar-refractivity contribution in [2.75, 3.05) is 70.5 Å². The maximum Gasteiger partial charge on any atom is 0.282 e. The van der Waals surface area contributed by atoms with E-state index in [1.165, 1.54) is 25.4 Å². The third kappa shape index (κ3) is 4.89. The predicted molar refractivity (Wildman–Crippen MR) is 120 cm³/mol. The molecular weight excluding hydrogens is 416 g/mol. The molecule has 3 aliphatic rings. The monoisotopic (exact) mass is 450 g/mol. The number of benzene rings is 1. The lowest BCUT2D eigenvalue weighted by Crippen LogP contribution is -2.55. The van der Waals surface area contributed by atoms with Gasteiger partial charge in [0.1, 0.15) is 0 Å². The Morgan fingerprint density at radius 2 is 1.68 bits per heavy atom. The number of hydrogen-bond acceptors (Lipinski definition) is 5. The predicted octanol–water partition coefficient (Wildman–Crippen LogP) is 1.24. The molecule has 8 nitrogen and oxygen atoms in total. The van der Waals surface area contributed by atoms with Gasteiger partial charge in [0.2, 0.25) is 5.91 Å². The Hall–Kier alpha value is -1.68. The van der Waals surface area contributed by atoms with Gasteiger partial charge in [-0.15, -0.1) is 0 Å². The zero-order valence-electron chi connectivity index (χ0n) is 18.6. The van der Waals surface area contributed by atoms with Crippen LogP contribution in [0.15, 0.2) is 18.2 Å². The Morgan fingerprint density at radius 1 is 0.968 bits per heavy atom. The first-order valence-electron chi connectivity index (χ1n) is 11.3. The molecule has 9 heteroatoms. The summed E-state index contributed by atoms with van der Waals surface area (Å²) in [6, 6.07) is 6.48. The number of rotatable bonds is 4. The minimum atomic E-state index is -3.53. The molecule has 1 amide bonds. The van der Waals surface area contributed by atoms with E-state index in [4.69, 9.17) is 4.74 Å². The summed E-state index contributed by atoms with van der Waals surface area (Å²) in [6.45, 7) is 9.60. The number of amides is 1. The molecule has 0 N–H and O–H groups in total. The number of piperazine rings is 1. The second kappa shape index (κ2) is 9.44. The fourth-order valence-electron chi connectivity index (χ4n) is 4.78. The number of hydrogen-bond donors (Lipinski definition) is 0. The average molecular weight is 451 g/mol. The lowest BCUT2D eigenvalue weighted by atomic mass is 9.97. The smallest absolute Gasteiger partial charge is 0.282 e. The molecule has 172 valence electrons. The molecule has 0 radical (unpaired) electrons. The number of ether oxygens (including phenoxy) is 1. The van der Waals surface area contributed by atoms with Gasteiger partial charge in [0.25, 0.3) is 10.2 Å². The summed E-state index contributed by atoms with van der Waals surface area (Å²) in [5.74, 6) is -0.153. The third-order valence-electron chi connectivity index (χ3n) is 6.65. The van der Waals surface area contributed by atoms with Crippen molar-refractivity contribution in [1.29, 1.82) is 0 Å². The van der Waals surface area contributed by atoms with Crippen molar-refractivity contribution >= 4 is 21.8 Å². The first kappa shape index (κ1) is 22.5. The highest BCUT2D eigenvalue weighted by Crippen LogP contribution is 2.26. The van der Waals surface area contributed by atoms with Gasteiger partial charge in [-0.2, -0.15) is 17.0 Å². The SMILES string of the molecule is Cc1ccc(C)c(N2CCN(C(=O)C3CCCN(S(=O)(=O)N4CCOCC4)C3)CC2)c1. The summed E-state index contributed by atoms with van der Waals surface area (Å²) in [4.78, 5) is 17.5. The van der Waals surface area contributed by atoms with E-state index in [1.54, 1.807) is 0 Å². The molecule has 4 rings (SSSR count). The van der Waals surface area contributed by atoms with Crippen molar-refractivity contribution in [1.82, 2.24) is 13.5 Å². The van der Waals surface area contributed by atoms with Crippen LogP contribution in [-0.4, -0.2) is 93.4 Å². The van der Waals surface area contributed by atoms with E-state index in [0.717, 1.165) is 25.9 Å². The molecule has 3 fully saturated rings. The topological polar surface area (TPSA) is 73.4 Å². The van der Waals surface area contributed by atoms with Crippen LogP contribution < -0.4 is 4.90 Å². The van der Waals surface area contributed by atoms with Crippen LogP contribution in [0.1, 0.15) is 24.0 Å². The molecule has 1 unspecified atom stereocenters. The molecule has 3 aliphatic heterocycles. The maximum absolute atomic E-state index is 13.2. The summed E-state index contributed by atoms with van der Waals surface area (Å²) in [7, 11) is -3.53. The van der Waals surface area contributed by atoms with Gasteiger partial charge >= 0.3 is 0 Å². The van der Waals surface area contributed by atoms with E-state index in [2.05, 4.69) is 36.9 Å². The summed E-state index contributed by atoms with van der Waals surface area (Å²) in [5.41, 5.74) is 3.73. The highest BCUT2D eigenvalue weighted by molar-refractivity contribution is 7.86. The molecule has 0 bridgehead atoms. The number of nitrogens with zero attached hydrogens (tertiary/aromatic N) is 4. The van der Waals surface area contributed by atoms with E-state index in [9.17, 15) is 13.2 Å². The maximum atomic E-state index is 13.2. The van der Waals surface area contributed by atoms with Crippen molar-refractivity contribution in [2.45, 2.75) is 26.7 Å². The second-order valence-corrected chi connectivity index (χ2v) is 10.7. The molecule has 3 heterocycles. The first-order chi connectivity index (χ1) is 14.9. The van der Waals surface area contributed by atoms with Crippen molar-refractivity contribution in [3.63, 3.8) is 0 Å². The van der Waals surface area contributed by atoms with Gasteiger partial charge in [-0.3, -0.25) is 4.79 Å². The van der Waals surface area contributed by atoms with Crippen molar-refractivity contribution < 1.29 is 17.9 Å². The van der Waals surface area contributed by atoms with Gasteiger partial charge in [-0.25, -0.2) is 0 Å². The first-order valence-corrected chi connectivity index (χ1v) is 12.7. The third-order valence-corrected chi connectivity index (χ3v) is 8.65. The zero-order valence-corrected chi connectivity index (χ0v) is 19.4. The van der Waals surface area contributed by atoms with Crippen LogP contribution in [0.4, 0.5) is 5.69 Å². The number of morpholine rings is 1. The van der Waals surface area contributed by atoms with Crippen LogP contribution in [0.3, 0.4) is 0 Å². The van der Waals surface area contributed by atoms with E-state index in [0.29, 0.717) is 45.9 Å². The summed E-state index contributed by atoms with van der Waals surface area (Å²) >= 11 is 0. The molecule has 0 saturated carbocycles. The Morgan fingerprint density at radius 3 is 2.39 bits per heavy atom. The zero-order chi connectivity index (χ0) is 22.0. The van der Waals surface area contributed by atoms with Gasteiger partial charge in [0.15, 0.2) is 0 Å². The second-order valence-electron chi connectivity index (χ2n) is 8.82. The van der Waals surface area contributed by atoms with Crippen LogP contribution in [0.25, 0.3) is 0 Å². The Kier molecular flexibility index (Phi) is 6.86. The number of carbonyl (C=O) groups is 1. The molecule has 1 atom stereocenters. The van der Waals surface area contributed by atoms with Gasteiger partial charge < -0.3 is 14.5 Å². The highest BCUT2D eigenvalue weighted by Gasteiger charge is 2.38. The Balaban J connectivity index is 1.36. The number of piperidine rings is 1. The van der Waals surface area contributed by atoms with E-state index in [-0.39, 0.29) is 18.4 Å². The largest absolute Gasteiger partial charge is 0.379 e. The van der Waals surface area contributed by atoms with Crippen molar-refractivity contribution in [2.24, 2.45) is 5.92 Å². The van der Waals surface area contributed by atoms with Crippen LogP contribution >= 0.6 is 0 Å². The quantitative estimate of drug-likeness (QED) is 0.690. The Bertz CT molecular complexity index is 893. The minimum absolute atomic E-state index is 0.0995. The fraction of sp³-hybridized carbons (Fsp3) is 0.682. The van der Waals surface area contributed by atoms with Crippen LogP contribution in [0.5, 0.6) is 0 Å². The van der Waals surface area contributed by atoms with Crippen LogP contribution in [0, 0.1) is 19.8 Å². The number of anilines is 1. The molecule has 0 aliphatic carbocycles. The molecular formula is C22H34N4O4S. The van der Waals surface area contributed by atoms with Gasteiger partial charge in [0.05, 0.1) is 19.1 Å². The van der Waals surface area contributed by atoms with Gasteiger partial charge in [-0.1, -0.05) is 12.1 Å². The molecule has 1 aromatic rings.